The largest absolute Gasteiger partial charge is 0.319 e. The van der Waals surface area contributed by atoms with Crippen LogP contribution in [-0.4, -0.2) is 30.5 Å². The van der Waals surface area contributed by atoms with Crippen molar-refractivity contribution in [3.63, 3.8) is 0 Å². The third-order valence-corrected chi connectivity index (χ3v) is 4.54. The molecule has 0 saturated carbocycles. The van der Waals surface area contributed by atoms with Crippen LogP contribution < -0.4 is 5.32 Å². The highest BCUT2D eigenvalue weighted by molar-refractivity contribution is 6.05. The van der Waals surface area contributed by atoms with Crippen LogP contribution in [0.1, 0.15) is 41.4 Å². The number of nitrogens with one attached hydrogen (secondary N) is 1. The van der Waals surface area contributed by atoms with Crippen molar-refractivity contribution in [2.24, 2.45) is 0 Å². The Labute approximate surface area is 169 Å². The van der Waals surface area contributed by atoms with Crippen LogP contribution in [0.3, 0.4) is 0 Å². The van der Waals surface area contributed by atoms with E-state index in [1.165, 1.54) is 0 Å². The monoisotopic (exact) mass is 386 g/mol. The molecule has 3 heterocycles. The fourth-order valence-corrected chi connectivity index (χ4v) is 3.23. The summed E-state index contributed by atoms with van der Waals surface area (Å²) in [5.41, 5.74) is 3.14. The lowest BCUT2D eigenvalue weighted by Crippen LogP contribution is -2.15. The van der Waals surface area contributed by atoms with Crippen molar-refractivity contribution in [1.82, 2.24) is 24.5 Å². The van der Waals surface area contributed by atoms with Gasteiger partial charge in [-0.1, -0.05) is 50.2 Å². The molecule has 7 heteroatoms. The standard InChI is InChI=1S/C22H22N6O/c1-16(2)21-19(13-25-28(21)20-10-6-7-11-23-20)22(29)26-18-12-24-27(15-18)14-17-8-4-3-5-9-17/h3-13,15-16H,14H2,1-2H3,(H,26,29). The Kier molecular flexibility index (Phi) is 5.20. The Morgan fingerprint density at radius 1 is 1.03 bits per heavy atom. The maximum atomic E-state index is 12.9. The molecule has 4 rings (SSSR count). The average molecular weight is 386 g/mol. The van der Waals surface area contributed by atoms with Gasteiger partial charge < -0.3 is 5.32 Å². The van der Waals surface area contributed by atoms with Crippen molar-refractivity contribution in [1.29, 1.82) is 0 Å². The minimum Gasteiger partial charge on any atom is -0.319 e. The zero-order valence-corrected chi connectivity index (χ0v) is 16.4. The minimum absolute atomic E-state index is 0.0982. The molecule has 7 nitrogen and oxygen atoms in total. The van der Waals surface area contributed by atoms with E-state index in [-0.39, 0.29) is 11.8 Å². The van der Waals surface area contributed by atoms with E-state index in [4.69, 9.17) is 0 Å². The molecule has 1 N–H and O–H groups in total. The van der Waals surface area contributed by atoms with Crippen molar-refractivity contribution in [2.75, 3.05) is 5.32 Å². The SMILES string of the molecule is CC(C)c1c(C(=O)Nc2cnn(Cc3ccccc3)c2)cnn1-c1ccccn1. The summed E-state index contributed by atoms with van der Waals surface area (Å²) < 4.78 is 3.52. The summed E-state index contributed by atoms with van der Waals surface area (Å²) >= 11 is 0. The maximum absolute atomic E-state index is 12.9. The molecule has 29 heavy (non-hydrogen) atoms. The topological polar surface area (TPSA) is 77.6 Å². The second-order valence-corrected chi connectivity index (χ2v) is 7.06. The quantitative estimate of drug-likeness (QED) is 0.545. The summed E-state index contributed by atoms with van der Waals surface area (Å²) in [5.74, 6) is 0.571. The maximum Gasteiger partial charge on any atom is 0.259 e. The molecule has 0 spiro atoms. The van der Waals surface area contributed by atoms with Gasteiger partial charge in [0.05, 0.1) is 35.9 Å². The molecule has 0 bridgehead atoms. The second-order valence-electron chi connectivity index (χ2n) is 7.06. The van der Waals surface area contributed by atoms with Gasteiger partial charge in [0.15, 0.2) is 5.82 Å². The van der Waals surface area contributed by atoms with E-state index in [0.717, 1.165) is 11.3 Å². The third-order valence-electron chi connectivity index (χ3n) is 4.54. The zero-order valence-electron chi connectivity index (χ0n) is 16.4. The summed E-state index contributed by atoms with van der Waals surface area (Å²) in [5, 5.41) is 11.7. The zero-order chi connectivity index (χ0) is 20.2. The van der Waals surface area contributed by atoms with Crippen molar-refractivity contribution in [2.45, 2.75) is 26.3 Å². The molecule has 3 aromatic heterocycles. The van der Waals surface area contributed by atoms with E-state index in [2.05, 4.69) is 20.5 Å². The molecule has 0 atom stereocenters. The van der Waals surface area contributed by atoms with Crippen LogP contribution in [0.5, 0.6) is 0 Å². The van der Waals surface area contributed by atoms with Gasteiger partial charge in [-0.15, -0.1) is 0 Å². The van der Waals surface area contributed by atoms with Crippen molar-refractivity contribution in [3.8, 4) is 5.82 Å². The third kappa shape index (κ3) is 4.08. The van der Waals surface area contributed by atoms with Crippen molar-refractivity contribution < 1.29 is 4.79 Å². The first kappa shape index (κ1) is 18.6. The molecule has 0 radical (unpaired) electrons. The summed E-state index contributed by atoms with van der Waals surface area (Å²) in [7, 11) is 0. The van der Waals surface area contributed by atoms with E-state index in [9.17, 15) is 4.79 Å². The second kappa shape index (κ2) is 8.10. The molecule has 0 saturated heterocycles. The van der Waals surface area contributed by atoms with Gasteiger partial charge in [-0.2, -0.15) is 10.2 Å². The number of hydrogen-bond acceptors (Lipinski definition) is 4. The first-order valence-corrected chi connectivity index (χ1v) is 9.49. The minimum atomic E-state index is -0.213. The fourth-order valence-electron chi connectivity index (χ4n) is 3.23. The lowest BCUT2D eigenvalue weighted by atomic mass is 10.1. The lowest BCUT2D eigenvalue weighted by molar-refractivity contribution is 0.102. The van der Waals surface area contributed by atoms with Gasteiger partial charge in [0.1, 0.15) is 0 Å². The number of anilines is 1. The van der Waals surface area contributed by atoms with Gasteiger partial charge in [0, 0.05) is 12.4 Å². The lowest BCUT2D eigenvalue weighted by Gasteiger charge is -2.11. The molecule has 1 aromatic carbocycles. The number of nitrogens with zero attached hydrogens (tertiary/aromatic N) is 5. The van der Waals surface area contributed by atoms with Gasteiger partial charge in [0.25, 0.3) is 5.91 Å². The Morgan fingerprint density at radius 3 is 2.55 bits per heavy atom. The highest BCUT2D eigenvalue weighted by Gasteiger charge is 2.21. The summed E-state index contributed by atoms with van der Waals surface area (Å²) in [4.78, 5) is 17.3. The van der Waals surface area contributed by atoms with Crippen LogP contribution in [0.15, 0.2) is 73.3 Å². The van der Waals surface area contributed by atoms with Gasteiger partial charge in [-0.05, 0) is 23.6 Å². The number of amides is 1. The number of hydrogen-bond donors (Lipinski definition) is 1. The molecule has 0 fully saturated rings. The van der Waals surface area contributed by atoms with Crippen LogP contribution in [0, 0.1) is 0 Å². The van der Waals surface area contributed by atoms with E-state index in [1.807, 2.05) is 68.6 Å². The summed E-state index contributed by atoms with van der Waals surface area (Å²) in [6.45, 7) is 4.71. The van der Waals surface area contributed by atoms with E-state index < -0.39 is 0 Å². The molecule has 1 amide bonds. The first-order chi connectivity index (χ1) is 14.1. The molecule has 0 unspecified atom stereocenters. The van der Waals surface area contributed by atoms with E-state index >= 15 is 0 Å². The number of carbonyl (C=O) groups is 1. The van der Waals surface area contributed by atoms with Gasteiger partial charge in [-0.3, -0.25) is 9.48 Å². The Morgan fingerprint density at radius 2 is 1.83 bits per heavy atom. The number of benzene rings is 1. The average Bonchev–Trinajstić information content (AvgIpc) is 3.36. The molecule has 146 valence electrons. The van der Waals surface area contributed by atoms with Crippen LogP contribution in [0.4, 0.5) is 5.69 Å². The highest BCUT2D eigenvalue weighted by Crippen LogP contribution is 2.23. The van der Waals surface area contributed by atoms with Crippen LogP contribution >= 0.6 is 0 Å². The normalized spacial score (nSPS) is 11.0. The van der Waals surface area contributed by atoms with Crippen LogP contribution in [-0.2, 0) is 6.54 Å². The Hall–Kier alpha value is -3.74. The molecule has 0 aliphatic heterocycles. The summed E-state index contributed by atoms with van der Waals surface area (Å²) in [6.07, 6.45) is 6.78. The van der Waals surface area contributed by atoms with Crippen molar-refractivity contribution in [3.05, 3.63) is 90.1 Å². The van der Waals surface area contributed by atoms with E-state index in [0.29, 0.717) is 23.6 Å². The van der Waals surface area contributed by atoms with Gasteiger partial charge in [-0.25, -0.2) is 9.67 Å². The van der Waals surface area contributed by atoms with Crippen molar-refractivity contribution >= 4 is 11.6 Å². The number of aromatic nitrogens is 5. The molecule has 4 aromatic rings. The molecular weight excluding hydrogens is 364 g/mol. The number of carbonyl (C=O) groups excluding carboxylic acids is 1. The summed E-state index contributed by atoms with van der Waals surface area (Å²) in [6, 6.07) is 15.7. The van der Waals surface area contributed by atoms with Crippen LogP contribution in [0.25, 0.3) is 5.82 Å². The van der Waals surface area contributed by atoms with Gasteiger partial charge >= 0.3 is 0 Å². The smallest absolute Gasteiger partial charge is 0.259 e. The molecular formula is C22H22N6O. The predicted octanol–water partition coefficient (Wildman–Crippen LogP) is 3.89. The van der Waals surface area contributed by atoms with Crippen LogP contribution in [0.2, 0.25) is 0 Å². The van der Waals surface area contributed by atoms with Gasteiger partial charge in [0.2, 0.25) is 0 Å². The molecule has 0 aliphatic carbocycles. The number of pyridine rings is 1. The Balaban J connectivity index is 1.54. The fraction of sp³-hybridized carbons (Fsp3) is 0.182. The highest BCUT2D eigenvalue weighted by atomic mass is 16.1. The Bertz CT molecular complexity index is 1100. The predicted molar refractivity (Wildman–Crippen MR) is 111 cm³/mol. The first-order valence-electron chi connectivity index (χ1n) is 9.49. The number of rotatable bonds is 6. The van der Waals surface area contributed by atoms with E-state index in [1.54, 1.807) is 28.0 Å². The molecule has 0 aliphatic rings.